The second-order valence-corrected chi connectivity index (χ2v) is 5.88. The highest BCUT2D eigenvalue weighted by molar-refractivity contribution is 6.20. The molecule has 23 heavy (non-hydrogen) atoms. The fourth-order valence-electron chi connectivity index (χ4n) is 2.89. The third-order valence-corrected chi connectivity index (χ3v) is 4.00. The number of aromatic nitrogens is 4. The molecular weight excluding hydrogens is 288 g/mol. The lowest BCUT2D eigenvalue weighted by molar-refractivity contribution is 0.425. The largest absolute Gasteiger partial charge is 0.368 e. The van der Waals surface area contributed by atoms with Crippen LogP contribution in [0.15, 0.2) is 36.9 Å². The Balaban J connectivity index is 1.94. The number of nitrogens with zero attached hydrogens (tertiary/aromatic N) is 4. The van der Waals surface area contributed by atoms with Gasteiger partial charge in [0.15, 0.2) is 0 Å². The molecule has 6 nitrogen and oxygen atoms in total. The summed E-state index contributed by atoms with van der Waals surface area (Å²) >= 11 is 0. The van der Waals surface area contributed by atoms with Crippen molar-refractivity contribution < 1.29 is 0 Å². The van der Waals surface area contributed by atoms with Gasteiger partial charge in [0.2, 0.25) is 0 Å². The third-order valence-electron chi connectivity index (χ3n) is 4.00. The van der Waals surface area contributed by atoms with Crippen LogP contribution in [-0.4, -0.2) is 52.0 Å². The second kappa shape index (κ2) is 5.48. The van der Waals surface area contributed by atoms with Crippen molar-refractivity contribution in [2.45, 2.75) is 0 Å². The van der Waals surface area contributed by atoms with Gasteiger partial charge in [0.1, 0.15) is 11.5 Å². The molecule has 0 aliphatic heterocycles. The zero-order valence-corrected chi connectivity index (χ0v) is 13.2. The van der Waals surface area contributed by atoms with Gasteiger partial charge in [0.25, 0.3) is 0 Å². The summed E-state index contributed by atoms with van der Waals surface area (Å²) in [6.07, 6.45) is 7.35. The Labute approximate surface area is 133 Å². The molecule has 6 heteroatoms. The molecule has 116 valence electrons. The molecular formula is C17H18N6. The van der Waals surface area contributed by atoms with E-state index in [0.717, 1.165) is 51.6 Å². The molecule has 0 bridgehead atoms. The Morgan fingerprint density at radius 2 is 1.83 bits per heavy atom. The maximum atomic E-state index is 4.78. The Hall–Kier alpha value is -2.73. The van der Waals surface area contributed by atoms with Crippen molar-refractivity contribution >= 4 is 38.5 Å². The predicted octanol–water partition coefficient (Wildman–Crippen LogP) is 2.63. The zero-order valence-electron chi connectivity index (χ0n) is 13.2. The number of pyridine rings is 3. The molecule has 2 N–H and O–H groups in total. The van der Waals surface area contributed by atoms with Crippen LogP contribution in [0, 0.1) is 0 Å². The summed E-state index contributed by atoms with van der Waals surface area (Å²) < 4.78 is 0. The van der Waals surface area contributed by atoms with Crippen molar-refractivity contribution in [1.29, 1.82) is 0 Å². The number of nitrogens with one attached hydrogen (secondary N) is 2. The van der Waals surface area contributed by atoms with Crippen LogP contribution in [0.3, 0.4) is 0 Å². The molecule has 0 aromatic carbocycles. The summed E-state index contributed by atoms with van der Waals surface area (Å²) in [4.78, 5) is 18.8. The standard InChI is InChI=1S/C17H18N6/c1-23(2)8-7-20-16-13-9-18-5-3-11(13)15-12-4-6-19-10-14(12)21-17(15)22-16/h3-6,9-10H,7-8H2,1-2H3,(H2,20,21,22). The van der Waals surface area contributed by atoms with Crippen molar-refractivity contribution in [3.8, 4) is 0 Å². The van der Waals surface area contributed by atoms with Crippen LogP contribution in [-0.2, 0) is 0 Å². The lowest BCUT2D eigenvalue weighted by Gasteiger charge is -2.12. The van der Waals surface area contributed by atoms with Crippen LogP contribution < -0.4 is 5.32 Å². The first-order valence-electron chi connectivity index (χ1n) is 7.62. The zero-order chi connectivity index (χ0) is 15.8. The minimum atomic E-state index is 0.831. The van der Waals surface area contributed by atoms with Crippen LogP contribution in [0.4, 0.5) is 5.82 Å². The normalized spacial score (nSPS) is 11.8. The average molecular weight is 306 g/mol. The molecule has 0 fully saturated rings. The summed E-state index contributed by atoms with van der Waals surface area (Å²) in [6, 6.07) is 4.07. The maximum absolute atomic E-state index is 4.78. The maximum Gasteiger partial charge on any atom is 0.141 e. The van der Waals surface area contributed by atoms with Crippen molar-refractivity contribution in [2.24, 2.45) is 0 Å². The Bertz CT molecular complexity index is 988. The van der Waals surface area contributed by atoms with Crippen LogP contribution in [0.1, 0.15) is 0 Å². The number of rotatable bonds is 4. The van der Waals surface area contributed by atoms with Crippen LogP contribution in [0.25, 0.3) is 32.7 Å². The van der Waals surface area contributed by atoms with Crippen LogP contribution in [0.5, 0.6) is 0 Å². The fourth-order valence-corrected chi connectivity index (χ4v) is 2.89. The Kier molecular flexibility index (Phi) is 3.31. The number of hydrogen-bond donors (Lipinski definition) is 2. The summed E-state index contributed by atoms with van der Waals surface area (Å²) in [5.74, 6) is 0.863. The van der Waals surface area contributed by atoms with E-state index in [4.69, 9.17) is 4.98 Å². The number of fused-ring (bicyclic) bond motifs is 5. The van der Waals surface area contributed by atoms with Crippen molar-refractivity contribution in [3.05, 3.63) is 36.9 Å². The van der Waals surface area contributed by atoms with E-state index in [-0.39, 0.29) is 0 Å². The first-order chi connectivity index (χ1) is 11.2. The Morgan fingerprint density at radius 3 is 2.65 bits per heavy atom. The first kappa shape index (κ1) is 13.9. The molecule has 0 aliphatic rings. The van der Waals surface area contributed by atoms with Gasteiger partial charge in [-0.15, -0.1) is 0 Å². The summed E-state index contributed by atoms with van der Waals surface area (Å²) in [5, 5.41) is 7.87. The van der Waals surface area contributed by atoms with E-state index in [1.807, 2.05) is 36.9 Å². The fraction of sp³-hybridized carbons (Fsp3) is 0.235. The third kappa shape index (κ3) is 2.37. The summed E-state index contributed by atoms with van der Waals surface area (Å²) in [6.45, 7) is 1.77. The van der Waals surface area contributed by atoms with Gasteiger partial charge in [0, 0.05) is 53.2 Å². The van der Waals surface area contributed by atoms with E-state index < -0.39 is 0 Å². The molecule has 4 rings (SSSR count). The molecule has 4 aromatic rings. The second-order valence-electron chi connectivity index (χ2n) is 5.88. The summed E-state index contributed by atoms with van der Waals surface area (Å²) in [5.41, 5.74) is 1.87. The van der Waals surface area contributed by atoms with Crippen molar-refractivity contribution in [1.82, 2.24) is 24.8 Å². The molecule has 0 atom stereocenters. The smallest absolute Gasteiger partial charge is 0.141 e. The number of hydrogen-bond acceptors (Lipinski definition) is 5. The van der Waals surface area contributed by atoms with Gasteiger partial charge >= 0.3 is 0 Å². The van der Waals surface area contributed by atoms with Gasteiger partial charge in [-0.05, 0) is 26.2 Å². The molecule has 0 radical (unpaired) electrons. The molecule has 0 saturated carbocycles. The molecule has 4 heterocycles. The van der Waals surface area contributed by atoms with E-state index in [0.29, 0.717) is 0 Å². The van der Waals surface area contributed by atoms with Gasteiger partial charge in [-0.1, -0.05) is 0 Å². The van der Waals surface area contributed by atoms with E-state index >= 15 is 0 Å². The SMILES string of the molecule is CN(C)CCNc1nc2[nH]c3cnccc3c2c2ccncc12. The van der Waals surface area contributed by atoms with E-state index in [9.17, 15) is 0 Å². The van der Waals surface area contributed by atoms with Crippen molar-refractivity contribution in [3.63, 3.8) is 0 Å². The quantitative estimate of drug-likeness (QED) is 0.606. The van der Waals surface area contributed by atoms with E-state index in [1.54, 1.807) is 0 Å². The average Bonchev–Trinajstić information content (AvgIpc) is 2.93. The molecule has 4 aromatic heterocycles. The van der Waals surface area contributed by atoms with Gasteiger partial charge in [-0.25, -0.2) is 4.98 Å². The number of H-pyrrole nitrogens is 1. The summed E-state index contributed by atoms with van der Waals surface area (Å²) in [7, 11) is 4.12. The van der Waals surface area contributed by atoms with Crippen molar-refractivity contribution in [2.75, 3.05) is 32.5 Å². The van der Waals surface area contributed by atoms with E-state index in [1.165, 1.54) is 0 Å². The number of anilines is 1. The highest BCUT2D eigenvalue weighted by Crippen LogP contribution is 2.33. The first-order valence-corrected chi connectivity index (χ1v) is 7.62. The van der Waals surface area contributed by atoms with Gasteiger partial charge in [0.05, 0.1) is 11.7 Å². The molecule has 0 saturated heterocycles. The molecule has 0 spiro atoms. The lowest BCUT2D eigenvalue weighted by atomic mass is 10.1. The minimum Gasteiger partial charge on any atom is -0.368 e. The molecule has 0 unspecified atom stereocenters. The molecule has 0 aliphatic carbocycles. The monoisotopic (exact) mass is 306 g/mol. The van der Waals surface area contributed by atoms with Gasteiger partial charge in [-0.2, -0.15) is 0 Å². The Morgan fingerprint density at radius 1 is 1.04 bits per heavy atom. The predicted molar refractivity (Wildman–Crippen MR) is 93.7 cm³/mol. The number of likely N-dealkylation sites (N-methyl/N-ethyl adjacent to an activating group) is 1. The molecule has 0 amide bonds. The highest BCUT2D eigenvalue weighted by Gasteiger charge is 2.13. The van der Waals surface area contributed by atoms with Crippen LogP contribution >= 0.6 is 0 Å². The highest BCUT2D eigenvalue weighted by atomic mass is 15.1. The lowest BCUT2D eigenvalue weighted by Crippen LogP contribution is -2.21. The number of aromatic amines is 1. The van der Waals surface area contributed by atoms with Gasteiger partial charge in [-0.3, -0.25) is 9.97 Å². The van der Waals surface area contributed by atoms with E-state index in [2.05, 4.69) is 39.3 Å². The minimum absolute atomic E-state index is 0.831. The van der Waals surface area contributed by atoms with Crippen LogP contribution in [0.2, 0.25) is 0 Å². The topological polar surface area (TPSA) is 69.7 Å². The van der Waals surface area contributed by atoms with Gasteiger partial charge < -0.3 is 15.2 Å².